The van der Waals surface area contributed by atoms with E-state index in [4.69, 9.17) is 4.74 Å². The second-order valence-corrected chi connectivity index (χ2v) is 5.54. The molecule has 6 heteroatoms. The first-order chi connectivity index (χ1) is 9.19. The fourth-order valence-corrected chi connectivity index (χ4v) is 2.58. The summed E-state index contributed by atoms with van der Waals surface area (Å²) in [5.74, 6) is 0.0741. The standard InChI is InChI=1S/C13H18BrN3O2/c1-19-9-13(18)17-4-2-11(3-5-17)16-12-6-10(14)7-15-8-12/h6-8,11,16H,2-5,9H2,1H3. The summed E-state index contributed by atoms with van der Waals surface area (Å²) >= 11 is 3.40. The van der Waals surface area contributed by atoms with Crippen molar-refractivity contribution in [3.63, 3.8) is 0 Å². The molecule has 1 aromatic heterocycles. The van der Waals surface area contributed by atoms with Crippen LogP contribution in [0, 0.1) is 0 Å². The summed E-state index contributed by atoms with van der Waals surface area (Å²) in [6.07, 6.45) is 5.47. The molecule has 0 unspecified atom stereocenters. The fourth-order valence-electron chi connectivity index (χ4n) is 2.21. The van der Waals surface area contributed by atoms with Crippen LogP contribution in [0.25, 0.3) is 0 Å². The normalized spacial score (nSPS) is 16.4. The van der Waals surface area contributed by atoms with Gasteiger partial charge in [0, 0.05) is 36.9 Å². The number of pyridine rings is 1. The number of methoxy groups -OCH3 is 1. The van der Waals surface area contributed by atoms with Gasteiger partial charge in [0.15, 0.2) is 0 Å². The molecule has 19 heavy (non-hydrogen) atoms. The van der Waals surface area contributed by atoms with Gasteiger partial charge in [-0.05, 0) is 34.8 Å². The lowest BCUT2D eigenvalue weighted by atomic mass is 10.0. The van der Waals surface area contributed by atoms with E-state index in [-0.39, 0.29) is 12.5 Å². The highest BCUT2D eigenvalue weighted by Gasteiger charge is 2.22. The van der Waals surface area contributed by atoms with E-state index in [1.54, 1.807) is 13.3 Å². The average molecular weight is 328 g/mol. The maximum atomic E-state index is 11.7. The van der Waals surface area contributed by atoms with Gasteiger partial charge in [0.2, 0.25) is 5.91 Å². The minimum absolute atomic E-state index is 0.0741. The van der Waals surface area contributed by atoms with E-state index in [0.717, 1.165) is 36.1 Å². The van der Waals surface area contributed by atoms with E-state index in [2.05, 4.69) is 26.2 Å². The van der Waals surface area contributed by atoms with Gasteiger partial charge in [-0.25, -0.2) is 0 Å². The van der Waals surface area contributed by atoms with Gasteiger partial charge in [0.25, 0.3) is 0 Å². The number of piperidine rings is 1. The third kappa shape index (κ3) is 4.18. The molecular weight excluding hydrogens is 310 g/mol. The number of anilines is 1. The molecule has 0 aliphatic carbocycles. The predicted octanol–water partition coefficient (Wildman–Crippen LogP) is 1.89. The molecular formula is C13H18BrN3O2. The van der Waals surface area contributed by atoms with Gasteiger partial charge in [-0.2, -0.15) is 0 Å². The molecule has 1 aliphatic heterocycles. The number of carbonyl (C=O) groups excluding carboxylic acids is 1. The van der Waals surface area contributed by atoms with Crippen LogP contribution in [0.4, 0.5) is 5.69 Å². The number of amides is 1. The predicted molar refractivity (Wildman–Crippen MR) is 77.0 cm³/mol. The zero-order chi connectivity index (χ0) is 13.7. The van der Waals surface area contributed by atoms with E-state index in [9.17, 15) is 4.79 Å². The molecule has 0 radical (unpaired) electrons. The van der Waals surface area contributed by atoms with Crippen LogP contribution in [0.1, 0.15) is 12.8 Å². The number of likely N-dealkylation sites (tertiary alicyclic amines) is 1. The van der Waals surface area contributed by atoms with Crippen molar-refractivity contribution in [3.8, 4) is 0 Å². The summed E-state index contributed by atoms with van der Waals surface area (Å²) in [4.78, 5) is 17.7. The Hall–Kier alpha value is -1.14. The Morgan fingerprint density at radius 1 is 1.53 bits per heavy atom. The highest BCUT2D eigenvalue weighted by atomic mass is 79.9. The topological polar surface area (TPSA) is 54.5 Å². The Morgan fingerprint density at radius 2 is 2.26 bits per heavy atom. The molecule has 0 aromatic carbocycles. The van der Waals surface area contributed by atoms with Gasteiger partial charge in [0.05, 0.1) is 11.9 Å². The molecule has 1 N–H and O–H groups in total. The maximum Gasteiger partial charge on any atom is 0.248 e. The van der Waals surface area contributed by atoms with Crippen LogP contribution in [0.3, 0.4) is 0 Å². The van der Waals surface area contributed by atoms with Crippen molar-refractivity contribution in [3.05, 3.63) is 22.9 Å². The zero-order valence-corrected chi connectivity index (χ0v) is 12.5. The van der Waals surface area contributed by atoms with Gasteiger partial charge in [0.1, 0.15) is 6.61 Å². The summed E-state index contributed by atoms with van der Waals surface area (Å²) in [5, 5.41) is 3.45. The van der Waals surface area contributed by atoms with Crippen molar-refractivity contribution in [2.75, 3.05) is 32.1 Å². The second-order valence-electron chi connectivity index (χ2n) is 4.62. The fraction of sp³-hybridized carbons (Fsp3) is 0.538. The van der Waals surface area contributed by atoms with Crippen molar-refractivity contribution in [2.45, 2.75) is 18.9 Å². The molecule has 0 spiro atoms. The molecule has 1 saturated heterocycles. The largest absolute Gasteiger partial charge is 0.381 e. The SMILES string of the molecule is COCC(=O)N1CCC(Nc2cncc(Br)c2)CC1. The number of hydrogen-bond acceptors (Lipinski definition) is 4. The van der Waals surface area contributed by atoms with Crippen molar-refractivity contribution >= 4 is 27.5 Å². The molecule has 5 nitrogen and oxygen atoms in total. The zero-order valence-electron chi connectivity index (χ0n) is 10.9. The van der Waals surface area contributed by atoms with Gasteiger partial charge in [-0.15, -0.1) is 0 Å². The lowest BCUT2D eigenvalue weighted by molar-refractivity contribution is -0.136. The lowest BCUT2D eigenvalue weighted by Crippen LogP contribution is -2.43. The van der Waals surface area contributed by atoms with Gasteiger partial charge in [-0.3, -0.25) is 9.78 Å². The summed E-state index contributed by atoms with van der Waals surface area (Å²) in [6.45, 7) is 1.73. The number of nitrogens with zero attached hydrogens (tertiary/aromatic N) is 2. The van der Waals surface area contributed by atoms with Gasteiger partial charge < -0.3 is 15.0 Å². The average Bonchev–Trinajstić information content (AvgIpc) is 2.40. The first kappa shape index (κ1) is 14.3. The summed E-state index contributed by atoms with van der Waals surface area (Å²) in [5.41, 5.74) is 1.01. The van der Waals surface area contributed by atoms with E-state index >= 15 is 0 Å². The van der Waals surface area contributed by atoms with Crippen molar-refractivity contribution in [1.29, 1.82) is 0 Å². The number of aromatic nitrogens is 1. The third-order valence-electron chi connectivity index (χ3n) is 3.19. The van der Waals surface area contributed by atoms with E-state index in [0.29, 0.717) is 6.04 Å². The molecule has 1 aliphatic rings. The Labute approximate surface area is 121 Å². The Kier molecular flexibility index (Phi) is 5.15. The molecule has 2 heterocycles. The van der Waals surface area contributed by atoms with Crippen molar-refractivity contribution in [1.82, 2.24) is 9.88 Å². The Balaban J connectivity index is 1.82. The molecule has 0 saturated carbocycles. The molecule has 2 rings (SSSR count). The van der Waals surface area contributed by atoms with E-state index in [1.165, 1.54) is 0 Å². The van der Waals surface area contributed by atoms with Crippen LogP contribution >= 0.6 is 15.9 Å². The number of ether oxygens (including phenoxy) is 1. The van der Waals surface area contributed by atoms with Crippen molar-refractivity contribution in [2.24, 2.45) is 0 Å². The number of rotatable bonds is 4. The summed E-state index contributed by atoms with van der Waals surface area (Å²) in [6, 6.07) is 2.40. The first-order valence-corrected chi connectivity index (χ1v) is 7.12. The maximum absolute atomic E-state index is 11.7. The molecule has 1 fully saturated rings. The van der Waals surface area contributed by atoms with Crippen LogP contribution < -0.4 is 5.32 Å². The van der Waals surface area contributed by atoms with Crippen LogP contribution in [0.2, 0.25) is 0 Å². The molecule has 104 valence electrons. The highest BCUT2D eigenvalue weighted by Crippen LogP contribution is 2.19. The minimum Gasteiger partial charge on any atom is -0.381 e. The van der Waals surface area contributed by atoms with Crippen molar-refractivity contribution < 1.29 is 9.53 Å². The number of halogens is 1. The number of hydrogen-bond donors (Lipinski definition) is 1. The van der Waals surface area contributed by atoms with Crippen LogP contribution in [-0.2, 0) is 9.53 Å². The van der Waals surface area contributed by atoms with Gasteiger partial charge in [-0.1, -0.05) is 0 Å². The molecule has 1 aromatic rings. The molecule has 0 bridgehead atoms. The van der Waals surface area contributed by atoms with Gasteiger partial charge >= 0.3 is 0 Å². The van der Waals surface area contributed by atoms with E-state index < -0.39 is 0 Å². The smallest absolute Gasteiger partial charge is 0.248 e. The minimum atomic E-state index is 0.0741. The highest BCUT2D eigenvalue weighted by molar-refractivity contribution is 9.10. The number of carbonyl (C=O) groups is 1. The summed E-state index contributed by atoms with van der Waals surface area (Å²) < 4.78 is 5.84. The monoisotopic (exact) mass is 327 g/mol. The van der Waals surface area contributed by atoms with Crippen LogP contribution in [0.5, 0.6) is 0 Å². The summed E-state index contributed by atoms with van der Waals surface area (Å²) in [7, 11) is 1.55. The second kappa shape index (κ2) is 6.86. The Bertz CT molecular complexity index is 434. The Morgan fingerprint density at radius 3 is 2.89 bits per heavy atom. The molecule has 0 atom stereocenters. The number of nitrogens with one attached hydrogen (secondary N) is 1. The third-order valence-corrected chi connectivity index (χ3v) is 3.62. The molecule has 1 amide bonds. The van der Waals surface area contributed by atoms with Crippen LogP contribution in [-0.4, -0.2) is 48.6 Å². The quantitative estimate of drug-likeness (QED) is 0.917. The first-order valence-electron chi connectivity index (χ1n) is 6.33. The lowest BCUT2D eigenvalue weighted by Gasteiger charge is -2.32. The van der Waals surface area contributed by atoms with E-state index in [1.807, 2.05) is 17.2 Å². The van der Waals surface area contributed by atoms with Crippen LogP contribution in [0.15, 0.2) is 22.9 Å².